The summed E-state index contributed by atoms with van der Waals surface area (Å²) < 4.78 is 0. The van der Waals surface area contributed by atoms with Gasteiger partial charge >= 0.3 is 0 Å². The Balaban J connectivity index is 1.79. The highest BCUT2D eigenvalue weighted by molar-refractivity contribution is 6.43. The smallest absolute Gasteiger partial charge is 0.221 e. The summed E-state index contributed by atoms with van der Waals surface area (Å²) in [7, 11) is 0. The molecule has 1 amide bonds. The molecule has 0 fully saturated rings. The van der Waals surface area contributed by atoms with Crippen LogP contribution in [0.3, 0.4) is 0 Å². The molecule has 150 valence electrons. The molecule has 0 aromatic heterocycles. The number of amides is 1. The van der Waals surface area contributed by atoms with E-state index in [1.165, 1.54) is 5.56 Å². The number of carbonyl (C=O) groups is 1. The summed E-state index contributed by atoms with van der Waals surface area (Å²) >= 11 is 12.2. The highest BCUT2D eigenvalue weighted by Crippen LogP contribution is 2.41. The summed E-state index contributed by atoms with van der Waals surface area (Å²) in [6, 6.07) is 23.0. The molecule has 0 spiro atoms. The van der Waals surface area contributed by atoms with Crippen LogP contribution < -0.4 is 5.32 Å². The highest BCUT2D eigenvalue weighted by Gasteiger charge is 2.24. The standard InChI is InChI=1S/C24H23Cl2NO2/c1-16(14-17-8-4-2-5-9-17)27-22(28)15-20(18-10-6-3-7-11-18)19-12-13-21(25)23(26)24(19)29/h2-13,16,20,29H,14-15H2,1H3,(H,27,28)/t16-,20+/m0/s1. The van der Waals surface area contributed by atoms with Gasteiger partial charge in [0.05, 0.1) is 5.02 Å². The Morgan fingerprint density at radius 2 is 1.59 bits per heavy atom. The Morgan fingerprint density at radius 1 is 0.966 bits per heavy atom. The molecule has 0 heterocycles. The molecule has 3 aromatic carbocycles. The third kappa shape index (κ3) is 5.53. The van der Waals surface area contributed by atoms with Crippen LogP contribution in [0.5, 0.6) is 5.75 Å². The first-order chi connectivity index (χ1) is 14.0. The van der Waals surface area contributed by atoms with Gasteiger partial charge in [-0.1, -0.05) is 89.9 Å². The zero-order valence-electron chi connectivity index (χ0n) is 16.1. The van der Waals surface area contributed by atoms with Gasteiger partial charge in [0.2, 0.25) is 5.91 Å². The van der Waals surface area contributed by atoms with Gasteiger partial charge in [-0.2, -0.15) is 0 Å². The number of carbonyl (C=O) groups excluding carboxylic acids is 1. The number of phenolic OH excluding ortho intramolecular Hbond substituents is 1. The predicted octanol–water partition coefficient (Wildman–Crippen LogP) is 5.97. The molecule has 0 saturated heterocycles. The monoisotopic (exact) mass is 427 g/mol. The summed E-state index contributed by atoms with van der Waals surface area (Å²) in [6.07, 6.45) is 0.940. The van der Waals surface area contributed by atoms with Crippen molar-refractivity contribution in [3.8, 4) is 5.75 Å². The van der Waals surface area contributed by atoms with E-state index in [0.717, 1.165) is 12.0 Å². The van der Waals surface area contributed by atoms with Crippen molar-refractivity contribution in [3.63, 3.8) is 0 Å². The van der Waals surface area contributed by atoms with E-state index in [0.29, 0.717) is 5.56 Å². The third-order valence-corrected chi connectivity index (χ3v) is 5.65. The van der Waals surface area contributed by atoms with Gasteiger partial charge in [0, 0.05) is 23.9 Å². The van der Waals surface area contributed by atoms with Crippen molar-refractivity contribution in [2.24, 2.45) is 0 Å². The van der Waals surface area contributed by atoms with Gasteiger partial charge in [-0.15, -0.1) is 0 Å². The zero-order chi connectivity index (χ0) is 20.8. The maximum absolute atomic E-state index is 12.8. The number of benzene rings is 3. The van der Waals surface area contributed by atoms with E-state index in [1.807, 2.05) is 67.6 Å². The first-order valence-corrected chi connectivity index (χ1v) is 10.3. The highest BCUT2D eigenvalue weighted by atomic mass is 35.5. The molecule has 2 N–H and O–H groups in total. The molecule has 0 saturated carbocycles. The van der Waals surface area contributed by atoms with E-state index in [-0.39, 0.29) is 40.1 Å². The van der Waals surface area contributed by atoms with Gasteiger partial charge in [0.25, 0.3) is 0 Å². The van der Waals surface area contributed by atoms with Crippen LogP contribution in [-0.4, -0.2) is 17.1 Å². The molecule has 3 nitrogen and oxygen atoms in total. The number of phenols is 1. The van der Waals surface area contributed by atoms with Crippen molar-refractivity contribution < 1.29 is 9.90 Å². The quantitative estimate of drug-likeness (QED) is 0.487. The maximum atomic E-state index is 12.8. The number of hydrogen-bond acceptors (Lipinski definition) is 2. The number of aromatic hydroxyl groups is 1. The summed E-state index contributed by atoms with van der Waals surface area (Å²) in [4.78, 5) is 12.8. The van der Waals surface area contributed by atoms with Gasteiger partial charge in [-0.3, -0.25) is 4.79 Å². The molecular formula is C24H23Cl2NO2. The van der Waals surface area contributed by atoms with Crippen LogP contribution in [0, 0.1) is 0 Å². The molecule has 0 aliphatic heterocycles. The molecule has 0 radical (unpaired) electrons. The molecule has 2 atom stereocenters. The summed E-state index contributed by atoms with van der Waals surface area (Å²) in [6.45, 7) is 1.99. The second kappa shape index (κ2) is 9.82. The topological polar surface area (TPSA) is 49.3 Å². The lowest BCUT2D eigenvalue weighted by Gasteiger charge is -2.21. The Kier molecular flexibility index (Phi) is 7.18. The van der Waals surface area contributed by atoms with Gasteiger partial charge in [0.1, 0.15) is 10.8 Å². The van der Waals surface area contributed by atoms with Crippen molar-refractivity contribution in [2.75, 3.05) is 0 Å². The van der Waals surface area contributed by atoms with Crippen molar-refractivity contribution in [3.05, 3.63) is 99.5 Å². The fourth-order valence-electron chi connectivity index (χ4n) is 3.47. The van der Waals surface area contributed by atoms with Crippen LogP contribution in [0.4, 0.5) is 0 Å². The van der Waals surface area contributed by atoms with Crippen LogP contribution in [0.2, 0.25) is 10.0 Å². The van der Waals surface area contributed by atoms with E-state index in [4.69, 9.17) is 23.2 Å². The van der Waals surface area contributed by atoms with E-state index in [2.05, 4.69) is 5.32 Å². The van der Waals surface area contributed by atoms with E-state index < -0.39 is 0 Å². The molecule has 0 unspecified atom stereocenters. The number of hydrogen-bond donors (Lipinski definition) is 2. The lowest BCUT2D eigenvalue weighted by Crippen LogP contribution is -2.35. The molecule has 0 aliphatic carbocycles. The molecule has 29 heavy (non-hydrogen) atoms. The Morgan fingerprint density at radius 3 is 2.24 bits per heavy atom. The van der Waals surface area contributed by atoms with Crippen LogP contribution in [-0.2, 0) is 11.2 Å². The molecule has 3 rings (SSSR count). The SMILES string of the molecule is C[C@@H](Cc1ccccc1)NC(=O)C[C@H](c1ccccc1)c1ccc(Cl)c(Cl)c1O. The van der Waals surface area contributed by atoms with E-state index >= 15 is 0 Å². The molecular weight excluding hydrogens is 405 g/mol. The van der Waals surface area contributed by atoms with Crippen molar-refractivity contribution in [1.29, 1.82) is 0 Å². The van der Waals surface area contributed by atoms with Gasteiger partial charge in [-0.25, -0.2) is 0 Å². The first kappa shape index (κ1) is 21.2. The average Bonchev–Trinajstić information content (AvgIpc) is 2.72. The molecule has 5 heteroatoms. The van der Waals surface area contributed by atoms with Crippen LogP contribution in [0.1, 0.15) is 36.0 Å². The van der Waals surface area contributed by atoms with Crippen molar-refractivity contribution in [2.45, 2.75) is 31.7 Å². The summed E-state index contributed by atoms with van der Waals surface area (Å²) in [5.41, 5.74) is 2.67. The lowest BCUT2D eigenvalue weighted by atomic mass is 9.87. The Hall–Kier alpha value is -2.49. The maximum Gasteiger partial charge on any atom is 0.221 e. The lowest BCUT2D eigenvalue weighted by molar-refractivity contribution is -0.121. The third-order valence-electron chi connectivity index (χ3n) is 4.86. The minimum atomic E-state index is -0.338. The number of halogens is 2. The summed E-state index contributed by atoms with van der Waals surface area (Å²) in [5.74, 6) is -0.513. The van der Waals surface area contributed by atoms with Gasteiger partial charge in [-0.05, 0) is 30.5 Å². The largest absolute Gasteiger partial charge is 0.506 e. The summed E-state index contributed by atoms with van der Waals surface area (Å²) in [5, 5.41) is 14.0. The van der Waals surface area contributed by atoms with E-state index in [1.54, 1.807) is 12.1 Å². The van der Waals surface area contributed by atoms with Crippen molar-refractivity contribution in [1.82, 2.24) is 5.32 Å². The predicted molar refractivity (Wildman–Crippen MR) is 119 cm³/mol. The van der Waals surface area contributed by atoms with Gasteiger partial charge < -0.3 is 10.4 Å². The van der Waals surface area contributed by atoms with Gasteiger partial charge in [0.15, 0.2) is 0 Å². The molecule has 3 aromatic rings. The Bertz CT molecular complexity index is 961. The second-order valence-electron chi connectivity index (χ2n) is 7.12. The van der Waals surface area contributed by atoms with E-state index in [9.17, 15) is 9.90 Å². The fourth-order valence-corrected chi connectivity index (χ4v) is 3.79. The second-order valence-corrected chi connectivity index (χ2v) is 7.91. The first-order valence-electron chi connectivity index (χ1n) is 9.50. The van der Waals surface area contributed by atoms with Crippen LogP contribution in [0.15, 0.2) is 72.8 Å². The normalized spacial score (nSPS) is 12.9. The fraction of sp³-hybridized carbons (Fsp3) is 0.208. The Labute approximate surface area is 181 Å². The molecule has 0 aliphatic rings. The minimum absolute atomic E-state index is 0.0104. The average molecular weight is 428 g/mol. The molecule has 0 bridgehead atoms. The number of nitrogens with one attached hydrogen (secondary N) is 1. The van der Waals surface area contributed by atoms with Crippen LogP contribution in [0.25, 0.3) is 0 Å². The van der Waals surface area contributed by atoms with Crippen molar-refractivity contribution >= 4 is 29.1 Å². The van der Waals surface area contributed by atoms with Crippen LogP contribution >= 0.6 is 23.2 Å². The minimum Gasteiger partial charge on any atom is -0.506 e. The number of rotatable bonds is 7. The zero-order valence-corrected chi connectivity index (χ0v) is 17.6.